The SMILES string of the molecule is CC(C(=C[N+](=O)[O-])NC1CC1)c1ccc(Cl)nc1. The number of halogens is 1. The highest BCUT2D eigenvalue weighted by Gasteiger charge is 2.25. The van der Waals surface area contributed by atoms with Crippen molar-refractivity contribution in [2.24, 2.45) is 0 Å². The maximum absolute atomic E-state index is 10.7. The number of pyridine rings is 1. The van der Waals surface area contributed by atoms with Crippen LogP contribution in [-0.2, 0) is 0 Å². The van der Waals surface area contributed by atoms with Crippen molar-refractivity contribution < 1.29 is 4.92 Å². The molecule has 0 spiro atoms. The third-order valence-corrected chi connectivity index (χ3v) is 3.13. The lowest BCUT2D eigenvalue weighted by atomic mass is 10.00. The molecule has 1 unspecified atom stereocenters. The van der Waals surface area contributed by atoms with Crippen molar-refractivity contribution in [2.75, 3.05) is 0 Å². The van der Waals surface area contributed by atoms with Gasteiger partial charge in [0.05, 0.1) is 10.6 Å². The van der Waals surface area contributed by atoms with E-state index in [0.29, 0.717) is 16.9 Å². The van der Waals surface area contributed by atoms with Crippen LogP contribution in [0.15, 0.2) is 30.2 Å². The lowest BCUT2D eigenvalue weighted by Crippen LogP contribution is -2.21. The van der Waals surface area contributed by atoms with Crippen LogP contribution in [0.5, 0.6) is 0 Å². The van der Waals surface area contributed by atoms with Crippen LogP contribution in [0, 0.1) is 10.1 Å². The second kappa shape index (κ2) is 5.35. The van der Waals surface area contributed by atoms with E-state index in [4.69, 9.17) is 11.6 Å². The molecule has 2 rings (SSSR count). The van der Waals surface area contributed by atoms with Crippen molar-refractivity contribution in [3.8, 4) is 0 Å². The molecule has 1 aliphatic rings. The number of rotatable bonds is 5. The number of nitrogens with zero attached hydrogens (tertiary/aromatic N) is 2. The first-order valence-corrected chi connectivity index (χ1v) is 6.17. The van der Waals surface area contributed by atoms with Crippen molar-refractivity contribution in [2.45, 2.75) is 31.7 Å². The second-order valence-electron chi connectivity index (χ2n) is 4.42. The molecule has 0 aromatic carbocycles. The number of allylic oxidation sites excluding steroid dienone is 1. The van der Waals surface area contributed by atoms with Gasteiger partial charge in [-0.2, -0.15) is 0 Å². The van der Waals surface area contributed by atoms with E-state index in [1.165, 1.54) is 0 Å². The maximum Gasteiger partial charge on any atom is 0.253 e. The molecule has 1 heterocycles. The van der Waals surface area contributed by atoms with Gasteiger partial charge in [-0.1, -0.05) is 24.6 Å². The van der Waals surface area contributed by atoms with Gasteiger partial charge >= 0.3 is 0 Å². The van der Waals surface area contributed by atoms with E-state index < -0.39 is 4.92 Å². The Labute approximate surface area is 110 Å². The Morgan fingerprint density at radius 2 is 2.39 bits per heavy atom. The van der Waals surface area contributed by atoms with Crippen molar-refractivity contribution in [3.05, 3.63) is 51.1 Å². The Morgan fingerprint density at radius 3 is 2.89 bits per heavy atom. The molecule has 1 atom stereocenters. The first kappa shape index (κ1) is 12.8. The fourth-order valence-electron chi connectivity index (χ4n) is 1.67. The first-order chi connectivity index (χ1) is 8.56. The summed E-state index contributed by atoms with van der Waals surface area (Å²) in [5.41, 5.74) is 1.52. The van der Waals surface area contributed by atoms with Crippen LogP contribution in [0.25, 0.3) is 0 Å². The van der Waals surface area contributed by atoms with E-state index in [-0.39, 0.29) is 5.92 Å². The molecule has 1 aromatic heterocycles. The van der Waals surface area contributed by atoms with Crippen LogP contribution in [0.2, 0.25) is 5.15 Å². The van der Waals surface area contributed by atoms with Gasteiger partial charge in [0.15, 0.2) is 0 Å². The molecule has 18 heavy (non-hydrogen) atoms. The third kappa shape index (κ3) is 3.43. The molecule has 1 aromatic rings. The molecule has 0 amide bonds. The number of aromatic nitrogens is 1. The minimum Gasteiger partial charge on any atom is -0.380 e. The highest BCUT2D eigenvalue weighted by atomic mass is 35.5. The van der Waals surface area contributed by atoms with Crippen LogP contribution in [0.3, 0.4) is 0 Å². The largest absolute Gasteiger partial charge is 0.380 e. The van der Waals surface area contributed by atoms with E-state index in [0.717, 1.165) is 24.6 Å². The summed E-state index contributed by atoms with van der Waals surface area (Å²) in [7, 11) is 0. The van der Waals surface area contributed by atoms with Gasteiger partial charge in [-0.3, -0.25) is 10.1 Å². The number of hydrogen-bond acceptors (Lipinski definition) is 4. The topological polar surface area (TPSA) is 68.1 Å². The second-order valence-corrected chi connectivity index (χ2v) is 4.81. The lowest BCUT2D eigenvalue weighted by molar-refractivity contribution is -0.404. The van der Waals surface area contributed by atoms with E-state index in [2.05, 4.69) is 10.3 Å². The van der Waals surface area contributed by atoms with Crippen LogP contribution >= 0.6 is 11.6 Å². The Hall–Kier alpha value is -1.62. The predicted octanol–water partition coefficient (Wildman–Crippen LogP) is 2.71. The average Bonchev–Trinajstić information content (AvgIpc) is 3.12. The van der Waals surface area contributed by atoms with E-state index in [1.807, 2.05) is 13.0 Å². The minimum absolute atomic E-state index is 0.0965. The van der Waals surface area contributed by atoms with Crippen LogP contribution in [0.1, 0.15) is 31.2 Å². The zero-order valence-corrected chi connectivity index (χ0v) is 10.7. The average molecular weight is 268 g/mol. The van der Waals surface area contributed by atoms with Crippen molar-refractivity contribution >= 4 is 11.6 Å². The summed E-state index contributed by atoms with van der Waals surface area (Å²) in [6.45, 7) is 1.91. The van der Waals surface area contributed by atoms with E-state index >= 15 is 0 Å². The summed E-state index contributed by atoms with van der Waals surface area (Å²) in [5, 5.41) is 14.3. The monoisotopic (exact) mass is 267 g/mol. The summed E-state index contributed by atoms with van der Waals surface area (Å²) in [6, 6.07) is 3.90. The van der Waals surface area contributed by atoms with Gasteiger partial charge in [0, 0.05) is 18.2 Å². The van der Waals surface area contributed by atoms with Gasteiger partial charge in [0.1, 0.15) is 5.15 Å². The normalized spacial score (nSPS) is 17.3. The van der Waals surface area contributed by atoms with Crippen LogP contribution < -0.4 is 5.32 Å². The van der Waals surface area contributed by atoms with Gasteiger partial charge in [0.2, 0.25) is 0 Å². The van der Waals surface area contributed by atoms with Crippen LogP contribution in [0.4, 0.5) is 0 Å². The highest BCUT2D eigenvalue weighted by Crippen LogP contribution is 2.27. The quantitative estimate of drug-likeness (QED) is 0.506. The minimum atomic E-state index is -0.426. The smallest absolute Gasteiger partial charge is 0.253 e. The fraction of sp³-hybridized carbons (Fsp3) is 0.417. The Balaban J connectivity index is 2.18. The molecule has 0 radical (unpaired) electrons. The zero-order chi connectivity index (χ0) is 13.1. The van der Waals surface area contributed by atoms with Gasteiger partial charge in [-0.05, 0) is 24.5 Å². The van der Waals surface area contributed by atoms with Gasteiger partial charge in [-0.15, -0.1) is 0 Å². The Kier molecular flexibility index (Phi) is 3.81. The molecular weight excluding hydrogens is 254 g/mol. The summed E-state index contributed by atoms with van der Waals surface area (Å²) < 4.78 is 0. The number of nitrogens with one attached hydrogen (secondary N) is 1. The highest BCUT2D eigenvalue weighted by molar-refractivity contribution is 6.29. The summed E-state index contributed by atoms with van der Waals surface area (Å²) in [6.07, 6.45) is 4.83. The van der Waals surface area contributed by atoms with Gasteiger partial charge in [-0.25, -0.2) is 4.98 Å². The summed E-state index contributed by atoms with van der Waals surface area (Å²) >= 11 is 5.73. The Morgan fingerprint density at radius 1 is 1.67 bits per heavy atom. The molecular formula is C12H14ClN3O2. The molecule has 0 bridgehead atoms. The van der Waals surface area contributed by atoms with Crippen molar-refractivity contribution in [1.29, 1.82) is 0 Å². The molecule has 5 nitrogen and oxygen atoms in total. The molecule has 1 saturated carbocycles. The fourth-order valence-corrected chi connectivity index (χ4v) is 1.79. The number of hydrogen-bond donors (Lipinski definition) is 1. The van der Waals surface area contributed by atoms with Gasteiger partial charge in [0.25, 0.3) is 6.20 Å². The van der Waals surface area contributed by atoms with E-state index in [1.54, 1.807) is 12.3 Å². The molecule has 96 valence electrons. The molecule has 1 N–H and O–H groups in total. The lowest BCUT2D eigenvalue weighted by Gasteiger charge is -2.15. The van der Waals surface area contributed by atoms with Crippen molar-refractivity contribution in [3.63, 3.8) is 0 Å². The number of nitro groups is 1. The molecule has 6 heteroatoms. The molecule has 0 saturated heterocycles. The predicted molar refractivity (Wildman–Crippen MR) is 68.9 cm³/mol. The van der Waals surface area contributed by atoms with Crippen molar-refractivity contribution in [1.82, 2.24) is 10.3 Å². The zero-order valence-electron chi connectivity index (χ0n) is 9.97. The molecule has 0 aliphatic heterocycles. The third-order valence-electron chi connectivity index (χ3n) is 2.91. The van der Waals surface area contributed by atoms with Crippen LogP contribution in [-0.4, -0.2) is 15.9 Å². The summed E-state index contributed by atoms with van der Waals surface area (Å²) in [5.74, 6) is -0.0965. The van der Waals surface area contributed by atoms with E-state index in [9.17, 15) is 10.1 Å². The standard InChI is InChI=1S/C12H14ClN3O2/c1-8(9-2-5-12(13)14-6-9)11(7-16(17)18)15-10-3-4-10/h2,5-8,10,15H,3-4H2,1H3. The summed E-state index contributed by atoms with van der Waals surface area (Å²) in [4.78, 5) is 14.2. The first-order valence-electron chi connectivity index (χ1n) is 5.79. The maximum atomic E-state index is 10.7. The Bertz CT molecular complexity index is 469. The van der Waals surface area contributed by atoms with Gasteiger partial charge < -0.3 is 5.32 Å². The molecule has 1 aliphatic carbocycles. The molecule has 1 fully saturated rings.